The van der Waals surface area contributed by atoms with Gasteiger partial charge in [0.2, 0.25) is 0 Å². The monoisotopic (exact) mass is 210 g/mol. The van der Waals surface area contributed by atoms with Crippen molar-refractivity contribution in [1.29, 1.82) is 0 Å². The van der Waals surface area contributed by atoms with Gasteiger partial charge < -0.3 is 10.2 Å². The molecule has 0 aromatic carbocycles. The molecule has 0 saturated carbocycles. The Morgan fingerprint density at radius 2 is 2.33 bits per heavy atom. The Kier molecular flexibility index (Phi) is 5.43. The number of hydrogen-bond donors (Lipinski definition) is 1. The van der Waals surface area contributed by atoms with Gasteiger partial charge in [0.05, 0.1) is 12.8 Å². The van der Waals surface area contributed by atoms with Crippen molar-refractivity contribution < 1.29 is 4.42 Å². The fourth-order valence-corrected chi connectivity index (χ4v) is 1.58. The van der Waals surface area contributed by atoms with Gasteiger partial charge in [-0.15, -0.1) is 0 Å². The summed E-state index contributed by atoms with van der Waals surface area (Å²) in [6.07, 6.45) is 4.13. The van der Waals surface area contributed by atoms with Crippen molar-refractivity contribution >= 4 is 0 Å². The van der Waals surface area contributed by atoms with Crippen molar-refractivity contribution in [3.63, 3.8) is 0 Å². The third kappa shape index (κ3) is 5.00. The van der Waals surface area contributed by atoms with E-state index in [2.05, 4.69) is 18.9 Å². The second-order valence-corrected chi connectivity index (χ2v) is 4.30. The van der Waals surface area contributed by atoms with Crippen LogP contribution in [0.5, 0.6) is 0 Å². The standard InChI is InChI=1S/C12H22N2O/c1-11(9-13)5-3-7-14(2)10-12-6-4-8-15-12/h4,6,8,11H,3,5,7,9-10,13H2,1-2H3. The normalized spacial score (nSPS) is 13.3. The van der Waals surface area contributed by atoms with Gasteiger partial charge in [0.15, 0.2) is 0 Å². The molecule has 0 aliphatic heterocycles. The summed E-state index contributed by atoms with van der Waals surface area (Å²) in [5.74, 6) is 1.67. The number of hydrogen-bond acceptors (Lipinski definition) is 3. The van der Waals surface area contributed by atoms with E-state index in [1.165, 1.54) is 12.8 Å². The predicted molar refractivity (Wildman–Crippen MR) is 62.5 cm³/mol. The Bertz CT molecular complexity index is 246. The molecule has 0 radical (unpaired) electrons. The number of nitrogens with two attached hydrogens (primary N) is 1. The molecule has 2 N–H and O–H groups in total. The van der Waals surface area contributed by atoms with Gasteiger partial charge in [-0.2, -0.15) is 0 Å². The highest BCUT2D eigenvalue weighted by atomic mass is 16.3. The molecule has 1 aromatic heterocycles. The first-order valence-electron chi connectivity index (χ1n) is 5.63. The molecule has 86 valence electrons. The number of rotatable bonds is 7. The van der Waals surface area contributed by atoms with Gasteiger partial charge in [-0.05, 0) is 51.0 Å². The summed E-state index contributed by atoms with van der Waals surface area (Å²) < 4.78 is 5.29. The van der Waals surface area contributed by atoms with Crippen LogP contribution in [0.1, 0.15) is 25.5 Å². The van der Waals surface area contributed by atoms with E-state index in [4.69, 9.17) is 10.2 Å². The topological polar surface area (TPSA) is 42.4 Å². The molecule has 3 heteroatoms. The van der Waals surface area contributed by atoms with Gasteiger partial charge in [-0.25, -0.2) is 0 Å². The zero-order chi connectivity index (χ0) is 11.1. The van der Waals surface area contributed by atoms with E-state index in [0.29, 0.717) is 5.92 Å². The van der Waals surface area contributed by atoms with Crippen LogP contribution in [0.2, 0.25) is 0 Å². The van der Waals surface area contributed by atoms with Crippen molar-refractivity contribution in [2.24, 2.45) is 11.7 Å². The Morgan fingerprint density at radius 1 is 1.53 bits per heavy atom. The number of nitrogens with zero attached hydrogens (tertiary/aromatic N) is 1. The highest BCUT2D eigenvalue weighted by molar-refractivity contribution is 4.97. The van der Waals surface area contributed by atoms with E-state index in [0.717, 1.165) is 25.4 Å². The van der Waals surface area contributed by atoms with Crippen molar-refractivity contribution in [2.75, 3.05) is 20.1 Å². The molecule has 1 unspecified atom stereocenters. The lowest BCUT2D eigenvalue weighted by Gasteiger charge is -2.16. The second-order valence-electron chi connectivity index (χ2n) is 4.30. The smallest absolute Gasteiger partial charge is 0.117 e. The lowest BCUT2D eigenvalue weighted by atomic mass is 10.1. The van der Waals surface area contributed by atoms with Crippen LogP contribution < -0.4 is 5.73 Å². The van der Waals surface area contributed by atoms with E-state index in [9.17, 15) is 0 Å². The molecule has 1 heterocycles. The highest BCUT2D eigenvalue weighted by Crippen LogP contribution is 2.07. The quantitative estimate of drug-likeness (QED) is 0.749. The molecule has 1 rings (SSSR count). The average Bonchev–Trinajstić information content (AvgIpc) is 2.70. The van der Waals surface area contributed by atoms with Crippen LogP contribution in [0, 0.1) is 5.92 Å². The lowest BCUT2D eigenvalue weighted by molar-refractivity contribution is 0.282. The predicted octanol–water partition coefficient (Wildman–Crippen LogP) is 2.09. The first kappa shape index (κ1) is 12.3. The molecule has 15 heavy (non-hydrogen) atoms. The van der Waals surface area contributed by atoms with Gasteiger partial charge in [0.25, 0.3) is 0 Å². The van der Waals surface area contributed by atoms with Gasteiger partial charge in [0.1, 0.15) is 5.76 Å². The maximum absolute atomic E-state index is 5.57. The van der Waals surface area contributed by atoms with Gasteiger partial charge >= 0.3 is 0 Å². The van der Waals surface area contributed by atoms with E-state index < -0.39 is 0 Å². The summed E-state index contributed by atoms with van der Waals surface area (Å²) in [7, 11) is 2.12. The van der Waals surface area contributed by atoms with Crippen LogP contribution >= 0.6 is 0 Å². The summed E-state index contributed by atoms with van der Waals surface area (Å²) in [6, 6.07) is 3.94. The fourth-order valence-electron chi connectivity index (χ4n) is 1.58. The molecular weight excluding hydrogens is 188 g/mol. The van der Waals surface area contributed by atoms with Crippen LogP contribution in [0.25, 0.3) is 0 Å². The third-order valence-corrected chi connectivity index (χ3v) is 2.64. The third-order valence-electron chi connectivity index (χ3n) is 2.64. The molecule has 0 amide bonds. The van der Waals surface area contributed by atoms with Crippen molar-refractivity contribution in [1.82, 2.24) is 4.90 Å². The van der Waals surface area contributed by atoms with Crippen LogP contribution in [-0.4, -0.2) is 25.0 Å². The Labute approximate surface area is 92.2 Å². The largest absolute Gasteiger partial charge is 0.468 e. The van der Waals surface area contributed by atoms with E-state index in [1.807, 2.05) is 12.1 Å². The second kappa shape index (κ2) is 6.64. The summed E-state index contributed by atoms with van der Waals surface area (Å²) in [5.41, 5.74) is 5.57. The molecular formula is C12H22N2O. The van der Waals surface area contributed by atoms with Crippen LogP contribution in [0.3, 0.4) is 0 Å². The first-order valence-corrected chi connectivity index (χ1v) is 5.63. The minimum atomic E-state index is 0.641. The molecule has 1 aromatic rings. The molecule has 3 nitrogen and oxygen atoms in total. The van der Waals surface area contributed by atoms with Crippen molar-refractivity contribution in [3.05, 3.63) is 24.2 Å². The van der Waals surface area contributed by atoms with Crippen LogP contribution in [0.4, 0.5) is 0 Å². The van der Waals surface area contributed by atoms with Crippen molar-refractivity contribution in [3.8, 4) is 0 Å². The molecule has 0 fully saturated rings. The zero-order valence-electron chi connectivity index (χ0n) is 9.78. The SMILES string of the molecule is CC(CN)CCCN(C)Cc1ccco1. The Balaban J connectivity index is 2.11. The Morgan fingerprint density at radius 3 is 2.93 bits per heavy atom. The average molecular weight is 210 g/mol. The number of furan rings is 1. The summed E-state index contributed by atoms with van der Waals surface area (Å²) in [5, 5.41) is 0. The van der Waals surface area contributed by atoms with Gasteiger partial charge in [0, 0.05) is 0 Å². The zero-order valence-corrected chi connectivity index (χ0v) is 9.78. The summed E-state index contributed by atoms with van der Waals surface area (Å²) >= 11 is 0. The summed E-state index contributed by atoms with van der Waals surface area (Å²) in [4.78, 5) is 2.28. The van der Waals surface area contributed by atoms with Gasteiger partial charge in [-0.1, -0.05) is 6.92 Å². The summed E-state index contributed by atoms with van der Waals surface area (Å²) in [6.45, 7) is 4.99. The maximum atomic E-state index is 5.57. The highest BCUT2D eigenvalue weighted by Gasteiger charge is 2.03. The maximum Gasteiger partial charge on any atom is 0.117 e. The minimum Gasteiger partial charge on any atom is -0.468 e. The Hall–Kier alpha value is -0.800. The molecule has 0 bridgehead atoms. The first-order chi connectivity index (χ1) is 7.22. The van der Waals surface area contributed by atoms with Crippen LogP contribution in [-0.2, 0) is 6.54 Å². The van der Waals surface area contributed by atoms with Crippen LogP contribution in [0.15, 0.2) is 22.8 Å². The minimum absolute atomic E-state index is 0.641. The molecule has 0 spiro atoms. The fraction of sp³-hybridized carbons (Fsp3) is 0.667. The molecule has 0 saturated heterocycles. The van der Waals surface area contributed by atoms with E-state index >= 15 is 0 Å². The lowest BCUT2D eigenvalue weighted by Crippen LogP contribution is -2.20. The molecule has 0 aliphatic rings. The van der Waals surface area contributed by atoms with E-state index in [1.54, 1.807) is 6.26 Å². The molecule has 1 atom stereocenters. The molecule has 0 aliphatic carbocycles. The van der Waals surface area contributed by atoms with E-state index in [-0.39, 0.29) is 0 Å². The van der Waals surface area contributed by atoms with Crippen molar-refractivity contribution in [2.45, 2.75) is 26.3 Å². The van der Waals surface area contributed by atoms with Gasteiger partial charge in [-0.3, -0.25) is 4.90 Å².